The molecule has 13 heteroatoms. The lowest BCUT2D eigenvalue weighted by atomic mass is 9.99. The maximum Gasteiger partial charge on any atom is 0.435 e. The van der Waals surface area contributed by atoms with Gasteiger partial charge in [-0.25, -0.2) is 15.1 Å². The van der Waals surface area contributed by atoms with E-state index in [-0.39, 0.29) is 30.2 Å². The SMILES string of the molecule is COCCONC(=O)c1cc(C(C=N)C(=N)n2ccc(C(F)(F)F)n2)cnc1OC. The molecule has 2 rings (SSSR count). The van der Waals surface area contributed by atoms with E-state index in [1.807, 2.05) is 0 Å². The highest BCUT2D eigenvalue weighted by Gasteiger charge is 2.34. The van der Waals surface area contributed by atoms with Gasteiger partial charge in [-0.2, -0.15) is 18.3 Å². The lowest BCUT2D eigenvalue weighted by Crippen LogP contribution is -2.27. The Morgan fingerprint density at radius 1 is 1.37 bits per heavy atom. The van der Waals surface area contributed by atoms with Crippen molar-refractivity contribution in [2.45, 2.75) is 12.1 Å². The van der Waals surface area contributed by atoms with E-state index in [2.05, 4.69) is 15.6 Å². The van der Waals surface area contributed by atoms with Crippen molar-refractivity contribution >= 4 is 18.0 Å². The van der Waals surface area contributed by atoms with Crippen LogP contribution < -0.4 is 10.2 Å². The number of pyridine rings is 1. The summed E-state index contributed by atoms with van der Waals surface area (Å²) >= 11 is 0. The predicted molar refractivity (Wildman–Crippen MR) is 98.0 cm³/mol. The fraction of sp³-hybridized carbons (Fsp3) is 0.353. The van der Waals surface area contributed by atoms with Gasteiger partial charge in [0.1, 0.15) is 11.4 Å². The van der Waals surface area contributed by atoms with Crippen molar-refractivity contribution in [3.8, 4) is 5.88 Å². The van der Waals surface area contributed by atoms with Crippen LogP contribution in [0, 0.1) is 10.8 Å². The lowest BCUT2D eigenvalue weighted by molar-refractivity contribution is -0.141. The summed E-state index contributed by atoms with van der Waals surface area (Å²) in [4.78, 5) is 21.3. The number of carbonyl (C=O) groups is 1. The topological polar surface area (TPSA) is 135 Å². The first-order chi connectivity index (χ1) is 14.2. The van der Waals surface area contributed by atoms with Crippen molar-refractivity contribution < 1.29 is 32.3 Å². The van der Waals surface area contributed by atoms with E-state index in [4.69, 9.17) is 25.1 Å². The quantitative estimate of drug-likeness (QED) is 0.242. The van der Waals surface area contributed by atoms with Gasteiger partial charge in [-0.15, -0.1) is 0 Å². The monoisotopic (exact) mass is 428 g/mol. The molecule has 0 spiro atoms. The van der Waals surface area contributed by atoms with E-state index in [0.29, 0.717) is 4.68 Å². The zero-order chi connectivity index (χ0) is 22.3. The number of nitrogens with one attached hydrogen (secondary N) is 3. The second-order valence-electron chi connectivity index (χ2n) is 5.77. The minimum Gasteiger partial charge on any atom is -0.480 e. The molecule has 2 aromatic heterocycles. The zero-order valence-electron chi connectivity index (χ0n) is 16.0. The van der Waals surface area contributed by atoms with Gasteiger partial charge in [-0.05, 0) is 17.7 Å². The van der Waals surface area contributed by atoms with Gasteiger partial charge >= 0.3 is 6.18 Å². The number of aromatic nitrogens is 3. The molecule has 10 nitrogen and oxygen atoms in total. The molecule has 0 aliphatic carbocycles. The van der Waals surface area contributed by atoms with E-state index < -0.39 is 29.5 Å². The standard InChI is InChI=1S/C17H19F3N6O4/c1-28-5-6-30-25-15(27)11-7-10(9-23-16(11)29-2)12(8-21)14(22)26-4-3-13(24-26)17(18,19)20/h3-4,7-9,12,21-22H,5-6H2,1-2H3,(H,25,27). The van der Waals surface area contributed by atoms with E-state index in [9.17, 15) is 18.0 Å². The van der Waals surface area contributed by atoms with Gasteiger partial charge in [-0.1, -0.05) is 0 Å². The van der Waals surface area contributed by atoms with Crippen LogP contribution in [0.1, 0.15) is 27.5 Å². The number of alkyl halides is 3. The third kappa shape index (κ3) is 5.39. The van der Waals surface area contributed by atoms with Crippen molar-refractivity contribution in [2.75, 3.05) is 27.4 Å². The van der Waals surface area contributed by atoms with Crippen LogP contribution in [-0.4, -0.2) is 60.2 Å². The van der Waals surface area contributed by atoms with Crippen LogP contribution in [0.5, 0.6) is 5.88 Å². The highest BCUT2D eigenvalue weighted by atomic mass is 19.4. The van der Waals surface area contributed by atoms with Crippen molar-refractivity contribution in [1.29, 1.82) is 10.8 Å². The van der Waals surface area contributed by atoms with Crippen LogP contribution >= 0.6 is 0 Å². The number of rotatable bonds is 9. The molecule has 0 fully saturated rings. The number of hydrogen-bond acceptors (Lipinski definition) is 8. The third-order valence-corrected chi connectivity index (χ3v) is 3.81. The Kier molecular flexibility index (Phi) is 7.60. The largest absolute Gasteiger partial charge is 0.480 e. The summed E-state index contributed by atoms with van der Waals surface area (Å²) in [5.41, 5.74) is 1.16. The average Bonchev–Trinajstić information content (AvgIpc) is 3.22. The number of nitrogens with zero attached hydrogens (tertiary/aromatic N) is 3. The number of ether oxygens (including phenoxy) is 2. The molecular weight excluding hydrogens is 409 g/mol. The molecule has 3 N–H and O–H groups in total. The highest BCUT2D eigenvalue weighted by Crippen LogP contribution is 2.28. The van der Waals surface area contributed by atoms with Crippen LogP contribution in [0.15, 0.2) is 24.5 Å². The van der Waals surface area contributed by atoms with Gasteiger partial charge < -0.3 is 14.9 Å². The first kappa shape index (κ1) is 23.0. The van der Waals surface area contributed by atoms with Gasteiger partial charge in [0.15, 0.2) is 5.69 Å². The summed E-state index contributed by atoms with van der Waals surface area (Å²) < 4.78 is 48.8. The lowest BCUT2D eigenvalue weighted by Gasteiger charge is -2.16. The van der Waals surface area contributed by atoms with Crippen LogP contribution in [0.4, 0.5) is 13.2 Å². The Bertz CT molecular complexity index is 915. The molecule has 30 heavy (non-hydrogen) atoms. The van der Waals surface area contributed by atoms with Crippen molar-refractivity contribution in [1.82, 2.24) is 20.2 Å². The summed E-state index contributed by atoms with van der Waals surface area (Å²) in [6, 6.07) is 2.03. The Balaban J connectivity index is 2.29. The Morgan fingerprint density at radius 2 is 2.10 bits per heavy atom. The molecule has 2 heterocycles. The summed E-state index contributed by atoms with van der Waals surface area (Å²) in [6.45, 7) is 0.332. The molecule has 0 aliphatic rings. The third-order valence-electron chi connectivity index (χ3n) is 3.81. The van der Waals surface area contributed by atoms with E-state index in [0.717, 1.165) is 18.5 Å². The molecule has 1 amide bonds. The maximum absolute atomic E-state index is 12.8. The first-order valence-electron chi connectivity index (χ1n) is 8.40. The van der Waals surface area contributed by atoms with Gasteiger partial charge in [0.25, 0.3) is 5.91 Å². The molecule has 0 bridgehead atoms. The molecule has 0 saturated carbocycles. The Labute approximate surface area is 168 Å². The second kappa shape index (κ2) is 9.93. The second-order valence-corrected chi connectivity index (χ2v) is 5.77. The minimum absolute atomic E-state index is 0.0414. The number of halogens is 3. The minimum atomic E-state index is -4.67. The van der Waals surface area contributed by atoms with Gasteiger partial charge in [0.05, 0.1) is 26.2 Å². The predicted octanol–water partition coefficient (Wildman–Crippen LogP) is 1.87. The van der Waals surface area contributed by atoms with E-state index >= 15 is 0 Å². The number of methoxy groups -OCH3 is 2. The zero-order valence-corrected chi connectivity index (χ0v) is 16.0. The number of amides is 1. The molecule has 0 saturated heterocycles. The molecule has 0 aromatic carbocycles. The fourth-order valence-corrected chi connectivity index (χ4v) is 2.35. The van der Waals surface area contributed by atoms with Crippen LogP contribution in [-0.2, 0) is 15.8 Å². The molecule has 0 radical (unpaired) electrons. The number of hydroxylamine groups is 1. The highest BCUT2D eigenvalue weighted by molar-refractivity contribution is 6.02. The van der Waals surface area contributed by atoms with Gasteiger partial charge in [-0.3, -0.25) is 15.0 Å². The Hall–Kier alpha value is -3.32. The number of hydrogen-bond donors (Lipinski definition) is 3. The van der Waals surface area contributed by atoms with Crippen molar-refractivity contribution in [3.05, 3.63) is 41.3 Å². The van der Waals surface area contributed by atoms with Crippen LogP contribution in [0.3, 0.4) is 0 Å². The maximum atomic E-state index is 12.8. The molecule has 2 aromatic rings. The number of carbonyl (C=O) groups excluding carboxylic acids is 1. The fourth-order valence-electron chi connectivity index (χ4n) is 2.35. The normalized spacial score (nSPS) is 12.3. The molecule has 162 valence electrons. The van der Waals surface area contributed by atoms with E-state index in [1.54, 1.807) is 0 Å². The van der Waals surface area contributed by atoms with Crippen molar-refractivity contribution in [2.24, 2.45) is 0 Å². The summed E-state index contributed by atoms with van der Waals surface area (Å²) in [5.74, 6) is -2.30. The van der Waals surface area contributed by atoms with Crippen molar-refractivity contribution in [3.63, 3.8) is 0 Å². The Morgan fingerprint density at radius 3 is 2.67 bits per heavy atom. The van der Waals surface area contributed by atoms with E-state index in [1.165, 1.54) is 26.5 Å². The molecule has 0 aliphatic heterocycles. The van der Waals surface area contributed by atoms with Crippen LogP contribution in [0.25, 0.3) is 0 Å². The summed E-state index contributed by atoms with van der Waals surface area (Å²) in [5, 5.41) is 19.1. The smallest absolute Gasteiger partial charge is 0.435 e. The summed E-state index contributed by atoms with van der Waals surface area (Å²) in [6.07, 6.45) is -1.62. The average molecular weight is 428 g/mol. The molecule has 1 unspecified atom stereocenters. The van der Waals surface area contributed by atoms with Gasteiger partial charge in [0, 0.05) is 25.7 Å². The van der Waals surface area contributed by atoms with Gasteiger partial charge in [0.2, 0.25) is 5.88 Å². The van der Waals surface area contributed by atoms with Crippen LogP contribution in [0.2, 0.25) is 0 Å². The molecular formula is C17H19F3N6O4. The first-order valence-corrected chi connectivity index (χ1v) is 8.40. The molecule has 1 atom stereocenters. The summed E-state index contributed by atoms with van der Waals surface area (Å²) in [7, 11) is 2.76.